The smallest absolute Gasteiger partial charge is 0.252 e. The summed E-state index contributed by atoms with van der Waals surface area (Å²) in [5.41, 5.74) is 1.77. The minimum Gasteiger partial charge on any atom is -0.354 e. The molecular weight excluding hydrogens is 525 g/mol. The number of fused-ring (bicyclic) bond motifs is 1. The summed E-state index contributed by atoms with van der Waals surface area (Å²) in [7, 11) is 2.19. The first kappa shape index (κ1) is 27.9. The summed E-state index contributed by atoms with van der Waals surface area (Å²) >= 11 is 8.10. The van der Waals surface area contributed by atoms with Crippen LogP contribution < -0.4 is 10.6 Å². The third kappa shape index (κ3) is 6.57. The molecule has 1 aliphatic carbocycles. The van der Waals surface area contributed by atoms with E-state index in [1.165, 1.54) is 12.8 Å². The second-order valence-electron chi connectivity index (χ2n) is 9.76. The van der Waals surface area contributed by atoms with Gasteiger partial charge in [0.25, 0.3) is 5.91 Å². The molecular formula is C25H32Cl3N5OS. The van der Waals surface area contributed by atoms with Gasteiger partial charge in [0.05, 0.1) is 16.1 Å². The highest BCUT2D eigenvalue weighted by Crippen LogP contribution is 2.38. The molecule has 0 unspecified atom stereocenters. The van der Waals surface area contributed by atoms with E-state index >= 15 is 0 Å². The third-order valence-electron chi connectivity index (χ3n) is 6.90. The fourth-order valence-corrected chi connectivity index (χ4v) is 5.72. The number of piperidine rings is 1. The lowest BCUT2D eigenvalue weighted by Crippen LogP contribution is -2.37. The fraction of sp³-hybridized carbons (Fsp3) is 0.480. The number of thiophene rings is 1. The lowest BCUT2D eigenvalue weighted by Gasteiger charge is -2.38. The number of anilines is 1. The molecule has 0 atom stereocenters. The topological polar surface area (TPSA) is 70.2 Å². The van der Waals surface area contributed by atoms with Crippen LogP contribution in [0.3, 0.4) is 0 Å². The summed E-state index contributed by atoms with van der Waals surface area (Å²) in [4.78, 5) is 25.2. The van der Waals surface area contributed by atoms with Gasteiger partial charge >= 0.3 is 0 Å². The number of aromatic nitrogens is 2. The zero-order valence-electron chi connectivity index (χ0n) is 20.0. The summed E-state index contributed by atoms with van der Waals surface area (Å²) in [6.45, 7) is 5.53. The van der Waals surface area contributed by atoms with Crippen molar-refractivity contribution in [2.24, 2.45) is 5.41 Å². The fourth-order valence-electron chi connectivity index (χ4n) is 4.38. The second kappa shape index (κ2) is 11.6. The summed E-state index contributed by atoms with van der Waals surface area (Å²) < 4.78 is 1.05. The standard InChI is InChI=1S/C25H30ClN5OS.2ClH/c1-25(9-12-31(2)13-10-25)8-11-27-24-28-15-19(26)22(30-24)21-14-18-17(4-3-5-20(18)33-21)23(32)29-16-6-7-16;;/h3-5,14-16H,6-13H2,1-2H3,(H,29,32)(H,27,28,30);2*1H. The van der Waals surface area contributed by atoms with Gasteiger partial charge in [-0.3, -0.25) is 4.79 Å². The monoisotopic (exact) mass is 555 g/mol. The lowest BCUT2D eigenvalue weighted by molar-refractivity contribution is 0.0952. The number of carbonyl (C=O) groups is 1. The molecule has 190 valence electrons. The predicted octanol–water partition coefficient (Wildman–Crippen LogP) is 6.28. The molecule has 3 aromatic rings. The van der Waals surface area contributed by atoms with Crippen LogP contribution in [0.25, 0.3) is 20.7 Å². The molecule has 0 bridgehead atoms. The van der Waals surface area contributed by atoms with Crippen molar-refractivity contribution in [1.82, 2.24) is 20.2 Å². The number of halogens is 3. The molecule has 2 N–H and O–H groups in total. The number of likely N-dealkylation sites (tertiary alicyclic amines) is 1. The van der Waals surface area contributed by atoms with Gasteiger partial charge in [-0.2, -0.15) is 0 Å². The Hall–Kier alpha value is -1.64. The maximum absolute atomic E-state index is 12.7. The number of hydrogen-bond acceptors (Lipinski definition) is 6. The maximum atomic E-state index is 12.7. The Labute approximate surface area is 228 Å². The molecule has 2 aliphatic rings. The van der Waals surface area contributed by atoms with E-state index in [-0.39, 0.29) is 30.7 Å². The summed E-state index contributed by atoms with van der Waals surface area (Å²) in [5, 5.41) is 7.94. The van der Waals surface area contributed by atoms with Crippen molar-refractivity contribution in [2.45, 2.75) is 45.1 Å². The molecule has 0 spiro atoms. The average molecular weight is 557 g/mol. The van der Waals surface area contributed by atoms with Crippen LogP contribution in [-0.2, 0) is 0 Å². The van der Waals surface area contributed by atoms with Gasteiger partial charge in [-0.25, -0.2) is 9.97 Å². The molecule has 35 heavy (non-hydrogen) atoms. The van der Waals surface area contributed by atoms with Gasteiger partial charge in [0, 0.05) is 28.2 Å². The molecule has 5 rings (SSSR count). The van der Waals surface area contributed by atoms with E-state index in [4.69, 9.17) is 16.6 Å². The van der Waals surface area contributed by atoms with Crippen LogP contribution >= 0.6 is 47.8 Å². The maximum Gasteiger partial charge on any atom is 0.252 e. The van der Waals surface area contributed by atoms with Crippen molar-refractivity contribution in [3.8, 4) is 10.6 Å². The third-order valence-corrected chi connectivity index (χ3v) is 8.29. The van der Waals surface area contributed by atoms with Crippen LogP contribution in [0.2, 0.25) is 5.02 Å². The Balaban J connectivity index is 0.00000171. The Morgan fingerprint density at radius 2 is 2.00 bits per heavy atom. The van der Waals surface area contributed by atoms with Gasteiger partial charge in [-0.1, -0.05) is 24.6 Å². The van der Waals surface area contributed by atoms with Crippen LogP contribution in [0.4, 0.5) is 5.95 Å². The van der Waals surface area contributed by atoms with Gasteiger partial charge < -0.3 is 15.5 Å². The molecule has 6 nitrogen and oxygen atoms in total. The van der Waals surface area contributed by atoms with Gasteiger partial charge in [0.2, 0.25) is 5.95 Å². The number of carbonyl (C=O) groups excluding carboxylic acids is 1. The summed E-state index contributed by atoms with van der Waals surface area (Å²) in [6.07, 6.45) is 7.32. The van der Waals surface area contributed by atoms with Crippen LogP contribution in [0.1, 0.15) is 49.4 Å². The van der Waals surface area contributed by atoms with E-state index in [1.807, 2.05) is 24.3 Å². The molecule has 1 aromatic carbocycles. The molecule has 10 heteroatoms. The minimum atomic E-state index is -0.00834. The van der Waals surface area contributed by atoms with Crippen LogP contribution in [-0.4, -0.2) is 53.5 Å². The molecule has 1 amide bonds. The van der Waals surface area contributed by atoms with Crippen LogP contribution in [0, 0.1) is 5.41 Å². The van der Waals surface area contributed by atoms with E-state index in [1.54, 1.807) is 17.5 Å². The zero-order valence-corrected chi connectivity index (χ0v) is 23.2. The largest absolute Gasteiger partial charge is 0.354 e. The summed E-state index contributed by atoms with van der Waals surface area (Å²) in [5.74, 6) is 0.584. The minimum absolute atomic E-state index is 0. The number of nitrogens with one attached hydrogen (secondary N) is 2. The first-order chi connectivity index (χ1) is 15.9. The van der Waals surface area contributed by atoms with Gasteiger partial charge in [-0.05, 0) is 75.9 Å². The van der Waals surface area contributed by atoms with Gasteiger partial charge in [0.15, 0.2) is 0 Å². The first-order valence-corrected chi connectivity index (χ1v) is 12.9. The highest BCUT2D eigenvalue weighted by molar-refractivity contribution is 7.22. The Kier molecular flexibility index (Phi) is 9.27. The zero-order chi connectivity index (χ0) is 23.0. The van der Waals surface area contributed by atoms with Crippen molar-refractivity contribution in [1.29, 1.82) is 0 Å². The van der Waals surface area contributed by atoms with Crippen molar-refractivity contribution in [3.05, 3.63) is 41.0 Å². The SMILES string of the molecule is CN1CCC(C)(CCNc2ncc(Cl)c(-c3cc4c(C(=O)NC5CC5)cccc4s3)n2)CC1.Cl.Cl. The van der Waals surface area contributed by atoms with Crippen LogP contribution in [0.15, 0.2) is 30.5 Å². The summed E-state index contributed by atoms with van der Waals surface area (Å²) in [6, 6.07) is 8.21. The normalized spacial score (nSPS) is 17.3. The van der Waals surface area contributed by atoms with E-state index in [0.717, 1.165) is 53.9 Å². The lowest BCUT2D eigenvalue weighted by atomic mass is 9.78. The first-order valence-electron chi connectivity index (χ1n) is 11.7. The van der Waals surface area contributed by atoms with Gasteiger partial charge in [0.1, 0.15) is 5.69 Å². The van der Waals surface area contributed by atoms with Crippen molar-refractivity contribution < 1.29 is 4.79 Å². The van der Waals surface area contributed by atoms with Crippen LogP contribution in [0.5, 0.6) is 0 Å². The Morgan fingerprint density at radius 3 is 2.71 bits per heavy atom. The Morgan fingerprint density at radius 1 is 1.26 bits per heavy atom. The number of benzene rings is 1. The van der Waals surface area contributed by atoms with E-state index in [0.29, 0.717) is 33.7 Å². The predicted molar refractivity (Wildman–Crippen MR) is 151 cm³/mol. The van der Waals surface area contributed by atoms with Crippen molar-refractivity contribution in [2.75, 3.05) is 32.0 Å². The van der Waals surface area contributed by atoms with Crippen molar-refractivity contribution in [3.63, 3.8) is 0 Å². The molecule has 1 saturated carbocycles. The number of hydrogen-bond donors (Lipinski definition) is 2. The molecule has 1 saturated heterocycles. The highest BCUT2D eigenvalue weighted by Gasteiger charge is 2.28. The quantitative estimate of drug-likeness (QED) is 0.358. The van der Waals surface area contributed by atoms with E-state index < -0.39 is 0 Å². The molecule has 2 aromatic heterocycles. The number of rotatable bonds is 7. The molecule has 3 heterocycles. The number of nitrogens with zero attached hydrogens (tertiary/aromatic N) is 3. The average Bonchev–Trinajstić information content (AvgIpc) is 3.51. The second-order valence-corrected chi connectivity index (χ2v) is 11.2. The molecule has 0 radical (unpaired) electrons. The number of amides is 1. The van der Waals surface area contributed by atoms with Crippen molar-refractivity contribution >= 4 is 69.7 Å². The molecule has 1 aliphatic heterocycles. The molecule has 2 fully saturated rings. The van der Waals surface area contributed by atoms with E-state index in [2.05, 4.69) is 34.5 Å². The van der Waals surface area contributed by atoms with Gasteiger partial charge in [-0.15, -0.1) is 36.2 Å². The highest BCUT2D eigenvalue weighted by atomic mass is 35.5. The van der Waals surface area contributed by atoms with E-state index in [9.17, 15) is 4.79 Å². The Bertz CT molecular complexity index is 1180.